The summed E-state index contributed by atoms with van der Waals surface area (Å²) in [6, 6.07) is 0. The van der Waals surface area contributed by atoms with Gasteiger partial charge in [-0.05, 0) is 40.0 Å². The molecule has 126 valence electrons. The third-order valence-corrected chi connectivity index (χ3v) is 4.81. The van der Waals surface area contributed by atoms with E-state index in [0.29, 0.717) is 30.6 Å². The quantitative estimate of drug-likeness (QED) is 0.916. The Kier molecular flexibility index (Phi) is 4.27. The number of nitrogens with one attached hydrogen (secondary N) is 1. The zero-order valence-electron chi connectivity index (χ0n) is 13.7. The Morgan fingerprint density at radius 3 is 2.65 bits per heavy atom. The summed E-state index contributed by atoms with van der Waals surface area (Å²) in [7, 11) is 0. The average molecular weight is 338 g/mol. The molecule has 1 aromatic heterocycles. The van der Waals surface area contributed by atoms with Crippen LogP contribution >= 0.6 is 11.3 Å². The summed E-state index contributed by atoms with van der Waals surface area (Å²) in [6.45, 7) is 6.42. The molecule has 1 saturated heterocycles. The van der Waals surface area contributed by atoms with E-state index in [9.17, 15) is 9.59 Å². The average Bonchev–Trinajstić information content (AvgIpc) is 3.00. The van der Waals surface area contributed by atoms with Crippen molar-refractivity contribution >= 4 is 28.5 Å². The highest BCUT2D eigenvalue weighted by Crippen LogP contribution is 2.42. The van der Waals surface area contributed by atoms with Crippen molar-refractivity contribution in [1.29, 1.82) is 0 Å². The number of ether oxygens (including phenoxy) is 1. The molecule has 0 spiro atoms. The molecule has 3 rings (SSSR count). The minimum Gasteiger partial charge on any atom is -0.444 e. The lowest BCUT2D eigenvalue weighted by atomic mass is 10.1. The van der Waals surface area contributed by atoms with E-state index in [4.69, 9.17) is 4.74 Å². The molecule has 2 aliphatic rings. The number of nitrogens with zero attached hydrogens (tertiary/aromatic N) is 3. The number of aromatic nitrogens is 2. The molecule has 7 nitrogen and oxygen atoms in total. The number of carbonyl (C=O) groups is 2. The van der Waals surface area contributed by atoms with E-state index in [0.717, 1.165) is 17.8 Å². The summed E-state index contributed by atoms with van der Waals surface area (Å²) in [5.74, 6) is 0.206. The second-order valence-corrected chi connectivity index (χ2v) is 8.13. The van der Waals surface area contributed by atoms with Crippen LogP contribution in [0.4, 0.5) is 9.93 Å². The third-order valence-electron chi connectivity index (χ3n) is 3.81. The van der Waals surface area contributed by atoms with Gasteiger partial charge in [-0.25, -0.2) is 4.79 Å². The maximum absolute atomic E-state index is 12.3. The second kappa shape index (κ2) is 6.07. The Morgan fingerprint density at radius 2 is 2.00 bits per heavy atom. The van der Waals surface area contributed by atoms with E-state index >= 15 is 0 Å². The van der Waals surface area contributed by atoms with Gasteiger partial charge in [-0.3, -0.25) is 4.79 Å². The van der Waals surface area contributed by atoms with Crippen molar-refractivity contribution in [2.75, 3.05) is 18.4 Å². The molecule has 1 N–H and O–H groups in total. The highest BCUT2D eigenvalue weighted by atomic mass is 32.1. The van der Waals surface area contributed by atoms with Crippen molar-refractivity contribution in [2.24, 2.45) is 5.92 Å². The minimum atomic E-state index is -0.525. The molecule has 0 unspecified atom stereocenters. The van der Waals surface area contributed by atoms with Crippen molar-refractivity contribution in [2.45, 2.75) is 51.6 Å². The van der Waals surface area contributed by atoms with Crippen molar-refractivity contribution in [3.8, 4) is 0 Å². The Morgan fingerprint density at radius 1 is 1.26 bits per heavy atom. The van der Waals surface area contributed by atoms with Gasteiger partial charge >= 0.3 is 6.09 Å². The van der Waals surface area contributed by atoms with Crippen LogP contribution in [0, 0.1) is 5.92 Å². The molecular weight excluding hydrogens is 316 g/mol. The zero-order chi connectivity index (χ0) is 16.6. The third kappa shape index (κ3) is 4.19. The van der Waals surface area contributed by atoms with Gasteiger partial charge in [-0.15, -0.1) is 10.2 Å². The summed E-state index contributed by atoms with van der Waals surface area (Å²) in [4.78, 5) is 25.9. The van der Waals surface area contributed by atoms with Crippen molar-refractivity contribution in [1.82, 2.24) is 15.1 Å². The van der Waals surface area contributed by atoms with Crippen molar-refractivity contribution in [3.05, 3.63) is 5.01 Å². The van der Waals surface area contributed by atoms with Gasteiger partial charge in [0.15, 0.2) is 0 Å². The Hall–Kier alpha value is -1.70. The topological polar surface area (TPSA) is 84.4 Å². The lowest BCUT2D eigenvalue weighted by Crippen LogP contribution is -2.36. The number of hydrogen-bond donors (Lipinski definition) is 1. The molecule has 0 aromatic carbocycles. The van der Waals surface area contributed by atoms with Crippen LogP contribution in [0.15, 0.2) is 0 Å². The Bertz CT molecular complexity index is 606. The molecule has 1 saturated carbocycles. The van der Waals surface area contributed by atoms with Gasteiger partial charge in [-0.2, -0.15) is 0 Å². The molecule has 1 aliphatic heterocycles. The number of amides is 2. The highest BCUT2D eigenvalue weighted by molar-refractivity contribution is 7.15. The molecular formula is C15H22N4O3S. The fraction of sp³-hybridized carbons (Fsp3) is 0.733. The second-order valence-electron chi connectivity index (χ2n) is 7.12. The first-order valence-corrected chi connectivity index (χ1v) is 8.75. The fourth-order valence-electron chi connectivity index (χ4n) is 2.45. The van der Waals surface area contributed by atoms with Crippen molar-refractivity contribution in [3.63, 3.8) is 0 Å². The van der Waals surface area contributed by atoms with Gasteiger partial charge in [0.25, 0.3) is 0 Å². The van der Waals surface area contributed by atoms with E-state index in [1.165, 1.54) is 11.3 Å². The van der Waals surface area contributed by atoms with Crippen LogP contribution in [0.2, 0.25) is 0 Å². The normalized spacial score (nSPS) is 21.3. The highest BCUT2D eigenvalue weighted by Gasteiger charge is 2.34. The summed E-state index contributed by atoms with van der Waals surface area (Å²) in [6.07, 6.45) is 2.60. The van der Waals surface area contributed by atoms with Gasteiger partial charge < -0.3 is 15.0 Å². The van der Waals surface area contributed by atoms with Gasteiger partial charge in [0.2, 0.25) is 11.0 Å². The number of hydrogen-bond acceptors (Lipinski definition) is 6. The lowest BCUT2D eigenvalue weighted by molar-refractivity contribution is -0.119. The predicted octanol–water partition coefficient (Wildman–Crippen LogP) is 2.61. The minimum absolute atomic E-state index is 0.102. The molecule has 23 heavy (non-hydrogen) atoms. The van der Waals surface area contributed by atoms with Crippen LogP contribution in [0.1, 0.15) is 51.0 Å². The van der Waals surface area contributed by atoms with Crippen molar-refractivity contribution < 1.29 is 14.3 Å². The van der Waals surface area contributed by atoms with E-state index in [2.05, 4.69) is 15.5 Å². The van der Waals surface area contributed by atoms with Gasteiger partial charge in [-0.1, -0.05) is 11.3 Å². The first-order valence-electron chi connectivity index (χ1n) is 7.94. The maximum atomic E-state index is 12.3. The SMILES string of the molecule is CC(C)(C)OC(=O)N1CC[C@H](C(=O)Nc2nnc(C3CC3)s2)C1. The monoisotopic (exact) mass is 338 g/mol. The van der Waals surface area contributed by atoms with Crippen LogP contribution < -0.4 is 5.32 Å². The zero-order valence-corrected chi connectivity index (χ0v) is 14.5. The first kappa shape index (κ1) is 16.2. The maximum Gasteiger partial charge on any atom is 0.410 e. The molecule has 0 radical (unpaired) electrons. The number of rotatable bonds is 3. The standard InChI is InChI=1S/C15H22N4O3S/c1-15(2,3)22-14(21)19-7-6-10(8-19)11(20)16-13-18-17-12(23-13)9-4-5-9/h9-10H,4-8H2,1-3H3,(H,16,18,20)/t10-/m0/s1. The fourth-order valence-corrected chi connectivity index (χ4v) is 3.37. The van der Waals surface area contributed by atoms with E-state index in [1.54, 1.807) is 4.90 Å². The number of anilines is 1. The molecule has 2 heterocycles. The Balaban J connectivity index is 1.51. The van der Waals surface area contributed by atoms with Gasteiger partial charge in [0.05, 0.1) is 5.92 Å². The molecule has 1 aromatic rings. The first-order chi connectivity index (χ1) is 10.8. The molecule has 0 bridgehead atoms. The molecule has 1 atom stereocenters. The van der Waals surface area contributed by atoms with Crippen LogP contribution in [0.3, 0.4) is 0 Å². The molecule has 1 aliphatic carbocycles. The van der Waals surface area contributed by atoms with Crippen LogP contribution in [-0.4, -0.2) is 45.8 Å². The molecule has 2 amide bonds. The molecule has 2 fully saturated rings. The molecule has 8 heteroatoms. The van der Waals surface area contributed by atoms with Crippen LogP contribution in [-0.2, 0) is 9.53 Å². The summed E-state index contributed by atoms with van der Waals surface area (Å²) in [5, 5.41) is 12.5. The van der Waals surface area contributed by atoms with Crippen LogP contribution in [0.25, 0.3) is 0 Å². The lowest BCUT2D eigenvalue weighted by Gasteiger charge is -2.24. The summed E-state index contributed by atoms with van der Waals surface area (Å²) >= 11 is 1.45. The predicted molar refractivity (Wildman–Crippen MR) is 86.4 cm³/mol. The van der Waals surface area contributed by atoms with Gasteiger partial charge in [0.1, 0.15) is 10.6 Å². The largest absolute Gasteiger partial charge is 0.444 e. The van der Waals surface area contributed by atoms with E-state index in [-0.39, 0.29) is 17.9 Å². The number of carbonyl (C=O) groups excluding carboxylic acids is 2. The summed E-state index contributed by atoms with van der Waals surface area (Å²) < 4.78 is 5.34. The van der Waals surface area contributed by atoms with E-state index < -0.39 is 5.60 Å². The summed E-state index contributed by atoms with van der Waals surface area (Å²) in [5.41, 5.74) is -0.525. The van der Waals surface area contributed by atoms with Crippen LogP contribution in [0.5, 0.6) is 0 Å². The van der Waals surface area contributed by atoms with E-state index in [1.807, 2.05) is 20.8 Å². The van der Waals surface area contributed by atoms with Gasteiger partial charge in [0, 0.05) is 19.0 Å². The number of likely N-dealkylation sites (tertiary alicyclic amines) is 1. The Labute approximate surface area is 139 Å². The smallest absolute Gasteiger partial charge is 0.410 e.